The molecule has 0 aliphatic heterocycles. The van der Waals surface area contributed by atoms with Crippen molar-refractivity contribution >= 4 is 26.7 Å². The zero-order valence-electron chi connectivity index (χ0n) is 6.62. The Bertz CT molecular complexity index is 397. The van der Waals surface area contributed by atoms with Crippen molar-refractivity contribution in [2.45, 2.75) is 0 Å². The van der Waals surface area contributed by atoms with Crippen LogP contribution in [0.25, 0.3) is 10.2 Å². The molecule has 0 aliphatic rings. The molecule has 0 saturated carbocycles. The number of nitrogens with two attached hydrogens (primary N) is 1. The van der Waals surface area contributed by atoms with Gasteiger partial charge in [0, 0.05) is 0 Å². The fourth-order valence-electron chi connectivity index (χ4n) is 1.12. The summed E-state index contributed by atoms with van der Waals surface area (Å²) in [7, 11) is 1.98. The van der Waals surface area contributed by atoms with Crippen molar-refractivity contribution in [2.75, 3.05) is 5.73 Å². The number of anilines is 1. The van der Waals surface area contributed by atoms with Gasteiger partial charge in [-0.25, -0.2) is 4.57 Å². The first-order valence-corrected chi connectivity index (χ1v) is 4.24. The second-order valence-corrected chi connectivity index (χ2v) is 3.53. The topological polar surface area (TPSA) is 29.9 Å². The number of aromatic nitrogens is 1. The van der Waals surface area contributed by atoms with Gasteiger partial charge in [-0.3, -0.25) is 5.73 Å². The van der Waals surface area contributed by atoms with Gasteiger partial charge < -0.3 is 12.4 Å². The van der Waals surface area contributed by atoms with E-state index in [1.165, 1.54) is 10.2 Å². The molecule has 0 unspecified atom stereocenters. The van der Waals surface area contributed by atoms with Gasteiger partial charge in [-0.05, 0) is 23.5 Å². The zero-order valence-corrected chi connectivity index (χ0v) is 8.19. The van der Waals surface area contributed by atoms with Crippen LogP contribution in [0.5, 0.6) is 0 Å². The van der Waals surface area contributed by atoms with E-state index < -0.39 is 0 Å². The van der Waals surface area contributed by atoms with Crippen LogP contribution >= 0.6 is 11.3 Å². The molecule has 0 bridgehead atoms. The lowest BCUT2D eigenvalue weighted by atomic mass is 10.3. The number of aryl methyl sites for hydroxylation is 1. The van der Waals surface area contributed by atoms with Crippen molar-refractivity contribution in [1.29, 1.82) is 0 Å². The normalized spacial score (nSPS) is 9.75. The summed E-state index contributed by atoms with van der Waals surface area (Å²) < 4.78 is 3.24. The molecule has 2 aromatic rings. The van der Waals surface area contributed by atoms with Gasteiger partial charge in [0.2, 0.25) is 0 Å². The van der Waals surface area contributed by atoms with E-state index in [-0.39, 0.29) is 12.4 Å². The molecule has 0 saturated heterocycles. The Balaban J connectivity index is 0.000000720. The molecule has 2 rings (SSSR count). The van der Waals surface area contributed by atoms with E-state index in [1.54, 1.807) is 11.3 Å². The number of hydrogen-bond donors (Lipinski definition) is 1. The Kier molecular flexibility index (Phi) is 2.55. The van der Waals surface area contributed by atoms with Gasteiger partial charge in [-0.2, -0.15) is 0 Å². The van der Waals surface area contributed by atoms with Crippen molar-refractivity contribution in [1.82, 2.24) is 0 Å². The van der Waals surface area contributed by atoms with Crippen molar-refractivity contribution in [3.05, 3.63) is 24.3 Å². The second-order valence-electron chi connectivity index (χ2n) is 2.47. The van der Waals surface area contributed by atoms with Gasteiger partial charge in [-0.15, -0.1) is 0 Å². The van der Waals surface area contributed by atoms with Crippen LogP contribution in [-0.4, -0.2) is 0 Å². The third kappa shape index (κ3) is 1.26. The molecule has 64 valence electrons. The zero-order chi connectivity index (χ0) is 7.84. The number of nitrogen functional groups attached to an aromatic ring is 1. The van der Waals surface area contributed by atoms with Gasteiger partial charge >= 0.3 is 5.13 Å². The molecule has 1 aromatic heterocycles. The van der Waals surface area contributed by atoms with Crippen LogP contribution < -0.4 is 22.7 Å². The summed E-state index contributed by atoms with van der Waals surface area (Å²) in [4.78, 5) is 0. The van der Waals surface area contributed by atoms with Crippen molar-refractivity contribution in [3.8, 4) is 0 Å². The van der Waals surface area contributed by atoms with Crippen LogP contribution in [0, 0.1) is 0 Å². The smallest absolute Gasteiger partial charge is 0.332 e. The Morgan fingerprint density at radius 1 is 1.33 bits per heavy atom. The van der Waals surface area contributed by atoms with E-state index in [1.807, 2.05) is 23.7 Å². The van der Waals surface area contributed by atoms with Crippen LogP contribution in [0.2, 0.25) is 0 Å². The number of rotatable bonds is 0. The molecule has 0 amide bonds. The highest BCUT2D eigenvalue weighted by atomic mass is 35.5. The maximum atomic E-state index is 5.73. The largest absolute Gasteiger partial charge is 1.00 e. The van der Waals surface area contributed by atoms with E-state index >= 15 is 0 Å². The Morgan fingerprint density at radius 3 is 2.67 bits per heavy atom. The molecule has 2 nitrogen and oxygen atoms in total. The highest BCUT2D eigenvalue weighted by molar-refractivity contribution is 7.21. The minimum atomic E-state index is 0. The summed E-state index contributed by atoms with van der Waals surface area (Å²) in [6, 6.07) is 8.20. The lowest BCUT2D eigenvalue weighted by Gasteiger charge is -1.86. The number of hydrogen-bond acceptors (Lipinski definition) is 2. The lowest BCUT2D eigenvalue weighted by Crippen LogP contribution is -3.00. The fraction of sp³-hybridized carbons (Fsp3) is 0.125. The quantitative estimate of drug-likeness (QED) is 0.506. The summed E-state index contributed by atoms with van der Waals surface area (Å²) in [5.41, 5.74) is 6.94. The standard InChI is InChI=1S/C8H8N2S.ClH/c1-10-6-4-2-3-5-7(6)11-8(10)9;/h2-5,9H,1H3;1H. The predicted molar refractivity (Wildman–Crippen MR) is 47.4 cm³/mol. The molecule has 0 atom stereocenters. The van der Waals surface area contributed by atoms with E-state index in [0.717, 1.165) is 5.13 Å². The molecular weight excluding hydrogens is 192 g/mol. The van der Waals surface area contributed by atoms with Crippen molar-refractivity contribution < 1.29 is 17.0 Å². The van der Waals surface area contributed by atoms with Crippen molar-refractivity contribution in [2.24, 2.45) is 7.05 Å². The summed E-state index contributed by atoms with van der Waals surface area (Å²) in [6.07, 6.45) is 0. The molecule has 0 radical (unpaired) electrons. The summed E-state index contributed by atoms with van der Waals surface area (Å²) >= 11 is 1.62. The van der Waals surface area contributed by atoms with E-state index in [4.69, 9.17) is 5.73 Å². The molecule has 0 aliphatic carbocycles. The Hall–Kier alpha value is -0.800. The maximum Gasteiger partial charge on any atom is 0.332 e. The first-order valence-electron chi connectivity index (χ1n) is 3.42. The van der Waals surface area contributed by atoms with Crippen molar-refractivity contribution in [3.63, 3.8) is 0 Å². The average molecular weight is 201 g/mol. The number of benzene rings is 1. The summed E-state index contributed by atoms with van der Waals surface area (Å²) in [6.45, 7) is 0. The highest BCUT2D eigenvalue weighted by Crippen LogP contribution is 2.20. The summed E-state index contributed by atoms with van der Waals surface area (Å²) in [5, 5.41) is 0.853. The first kappa shape index (κ1) is 9.29. The molecule has 1 aromatic carbocycles. The molecule has 4 heteroatoms. The first-order chi connectivity index (χ1) is 5.29. The number of thiazole rings is 1. The lowest BCUT2D eigenvalue weighted by molar-refractivity contribution is -0.626. The fourth-order valence-corrected chi connectivity index (χ4v) is 2.04. The van der Waals surface area contributed by atoms with E-state index in [9.17, 15) is 0 Å². The third-order valence-corrected chi connectivity index (χ3v) is 2.82. The van der Waals surface area contributed by atoms with Gasteiger partial charge in [0.25, 0.3) is 0 Å². The number of halogens is 1. The summed E-state index contributed by atoms with van der Waals surface area (Å²) in [5.74, 6) is 0. The van der Waals surface area contributed by atoms with Crippen LogP contribution in [0.3, 0.4) is 0 Å². The minimum Gasteiger partial charge on any atom is -1.00 e. The molecule has 1 heterocycles. The molecule has 0 fully saturated rings. The predicted octanol–water partition coefficient (Wildman–Crippen LogP) is -1.69. The van der Waals surface area contributed by atoms with Crippen LogP contribution in [0.1, 0.15) is 0 Å². The Labute approximate surface area is 81.0 Å². The monoisotopic (exact) mass is 200 g/mol. The molecule has 0 spiro atoms. The van der Waals surface area contributed by atoms with Crippen LogP contribution in [0.4, 0.5) is 5.13 Å². The second kappa shape index (κ2) is 3.29. The van der Waals surface area contributed by atoms with Gasteiger partial charge in [0.1, 0.15) is 5.52 Å². The van der Waals surface area contributed by atoms with Crippen LogP contribution in [0.15, 0.2) is 24.3 Å². The van der Waals surface area contributed by atoms with E-state index in [2.05, 4.69) is 12.1 Å². The van der Waals surface area contributed by atoms with Gasteiger partial charge in [0.05, 0.1) is 11.7 Å². The molecule has 2 N–H and O–H groups in total. The Morgan fingerprint density at radius 2 is 2.00 bits per heavy atom. The van der Waals surface area contributed by atoms with Crippen LogP contribution in [-0.2, 0) is 7.05 Å². The number of para-hydroxylation sites is 1. The SMILES string of the molecule is C[n+]1c(N)sc2ccccc21.[Cl-]. The van der Waals surface area contributed by atoms with Gasteiger partial charge in [-0.1, -0.05) is 12.1 Å². The number of nitrogens with zero attached hydrogens (tertiary/aromatic N) is 1. The molecular formula is C8H9ClN2S. The van der Waals surface area contributed by atoms with Gasteiger partial charge in [0.15, 0.2) is 0 Å². The molecule has 12 heavy (non-hydrogen) atoms. The average Bonchev–Trinajstić information content (AvgIpc) is 2.30. The highest BCUT2D eigenvalue weighted by Gasteiger charge is 2.08. The number of fused-ring (bicyclic) bond motifs is 1. The maximum absolute atomic E-state index is 5.73. The van der Waals surface area contributed by atoms with E-state index in [0.29, 0.717) is 0 Å². The third-order valence-electron chi connectivity index (χ3n) is 1.77. The minimum absolute atomic E-state index is 0.